The molecule has 1 heterocycles. The number of hydrogen-bond acceptors (Lipinski definition) is 3. The van der Waals surface area contributed by atoms with Crippen molar-refractivity contribution in [2.45, 2.75) is 58.1 Å². The third-order valence-corrected chi connectivity index (χ3v) is 4.66. The Bertz CT molecular complexity index is 478. The summed E-state index contributed by atoms with van der Waals surface area (Å²) in [4.78, 5) is 0. The summed E-state index contributed by atoms with van der Waals surface area (Å²) < 4.78 is 6.06. The van der Waals surface area contributed by atoms with Crippen LogP contribution in [-0.2, 0) is 0 Å². The first kappa shape index (κ1) is 13.7. The fourth-order valence-corrected chi connectivity index (χ4v) is 3.46. The Kier molecular flexibility index (Phi) is 3.63. The summed E-state index contributed by atoms with van der Waals surface area (Å²) in [5.74, 6) is 0.912. The molecule has 1 aliphatic heterocycles. The van der Waals surface area contributed by atoms with Crippen LogP contribution < -0.4 is 10.1 Å². The number of phenols is 1. The number of phenolic OH excluding ortho intramolecular Hbond substituents is 1. The van der Waals surface area contributed by atoms with E-state index in [0.29, 0.717) is 17.2 Å². The molecule has 20 heavy (non-hydrogen) atoms. The van der Waals surface area contributed by atoms with Gasteiger partial charge >= 0.3 is 0 Å². The molecule has 0 amide bonds. The molecule has 2 N–H and O–H groups in total. The monoisotopic (exact) mass is 275 g/mol. The van der Waals surface area contributed by atoms with Gasteiger partial charge in [0.05, 0.1) is 6.10 Å². The van der Waals surface area contributed by atoms with E-state index >= 15 is 0 Å². The zero-order valence-electron chi connectivity index (χ0n) is 12.5. The van der Waals surface area contributed by atoms with Gasteiger partial charge in [-0.3, -0.25) is 0 Å². The molecular formula is C17H25NO2. The molecule has 3 rings (SSSR count). The third-order valence-electron chi connectivity index (χ3n) is 4.66. The van der Waals surface area contributed by atoms with Gasteiger partial charge in [0, 0.05) is 6.04 Å². The molecule has 110 valence electrons. The Morgan fingerprint density at radius 1 is 1.30 bits per heavy atom. The summed E-state index contributed by atoms with van der Waals surface area (Å²) in [5, 5.41) is 13.5. The molecule has 2 unspecified atom stereocenters. The summed E-state index contributed by atoms with van der Waals surface area (Å²) in [6.07, 6.45) is 5.97. The van der Waals surface area contributed by atoms with E-state index in [2.05, 4.69) is 19.2 Å². The first-order valence-corrected chi connectivity index (χ1v) is 7.76. The van der Waals surface area contributed by atoms with Crippen molar-refractivity contribution >= 4 is 0 Å². The maximum atomic E-state index is 10.0. The minimum Gasteiger partial charge on any atom is -0.504 e. The van der Waals surface area contributed by atoms with E-state index < -0.39 is 0 Å². The number of rotatable bonds is 3. The van der Waals surface area contributed by atoms with Gasteiger partial charge in [-0.1, -0.05) is 19.9 Å². The lowest BCUT2D eigenvalue weighted by Crippen LogP contribution is -2.16. The number of aromatic hydroxyl groups is 1. The van der Waals surface area contributed by atoms with Crippen molar-refractivity contribution in [2.75, 3.05) is 6.54 Å². The second-order valence-electron chi connectivity index (χ2n) is 7.02. The topological polar surface area (TPSA) is 41.5 Å². The van der Waals surface area contributed by atoms with Crippen LogP contribution in [0.3, 0.4) is 0 Å². The molecule has 1 aliphatic carbocycles. The van der Waals surface area contributed by atoms with Crippen LogP contribution in [0.5, 0.6) is 11.5 Å². The fraction of sp³-hybridized carbons (Fsp3) is 0.647. The van der Waals surface area contributed by atoms with Crippen LogP contribution in [0.25, 0.3) is 0 Å². The Morgan fingerprint density at radius 3 is 2.80 bits per heavy atom. The molecule has 1 aromatic rings. The van der Waals surface area contributed by atoms with Gasteiger partial charge in [0.15, 0.2) is 11.5 Å². The van der Waals surface area contributed by atoms with Gasteiger partial charge in [0.25, 0.3) is 0 Å². The maximum Gasteiger partial charge on any atom is 0.161 e. The highest BCUT2D eigenvalue weighted by Crippen LogP contribution is 2.41. The van der Waals surface area contributed by atoms with Crippen LogP contribution in [-0.4, -0.2) is 17.8 Å². The summed E-state index contributed by atoms with van der Waals surface area (Å²) >= 11 is 0. The van der Waals surface area contributed by atoms with Crippen molar-refractivity contribution in [2.24, 2.45) is 5.41 Å². The average molecular weight is 275 g/mol. The van der Waals surface area contributed by atoms with Gasteiger partial charge in [-0.2, -0.15) is 0 Å². The van der Waals surface area contributed by atoms with Gasteiger partial charge in [-0.05, 0) is 61.8 Å². The SMILES string of the molecule is CC1(C)CCC(Oc2cc(C3CCCN3)ccc2O)C1. The van der Waals surface area contributed by atoms with Gasteiger partial charge < -0.3 is 15.2 Å². The predicted molar refractivity (Wildman–Crippen MR) is 80.1 cm³/mol. The minimum absolute atomic E-state index is 0.239. The standard InChI is InChI=1S/C17H25NO2/c1-17(2)8-7-13(11-17)20-16-10-12(5-6-15(16)19)14-4-3-9-18-14/h5-6,10,13-14,18-19H,3-4,7-9,11H2,1-2H3. The molecule has 2 fully saturated rings. The van der Waals surface area contributed by atoms with Crippen molar-refractivity contribution in [1.82, 2.24) is 5.32 Å². The van der Waals surface area contributed by atoms with Crippen LogP contribution in [0.4, 0.5) is 0 Å². The lowest BCUT2D eigenvalue weighted by atomic mass is 9.92. The van der Waals surface area contributed by atoms with E-state index in [4.69, 9.17) is 4.74 Å². The van der Waals surface area contributed by atoms with Gasteiger partial charge in [0.1, 0.15) is 0 Å². The van der Waals surface area contributed by atoms with Crippen molar-refractivity contribution in [3.8, 4) is 11.5 Å². The van der Waals surface area contributed by atoms with Crippen molar-refractivity contribution in [1.29, 1.82) is 0 Å². The first-order chi connectivity index (χ1) is 9.53. The minimum atomic E-state index is 0.239. The largest absolute Gasteiger partial charge is 0.504 e. The van der Waals surface area contributed by atoms with Gasteiger partial charge in [-0.15, -0.1) is 0 Å². The van der Waals surface area contributed by atoms with E-state index in [1.54, 1.807) is 6.07 Å². The van der Waals surface area contributed by atoms with Crippen LogP contribution >= 0.6 is 0 Å². The Hall–Kier alpha value is -1.22. The molecule has 0 spiro atoms. The lowest BCUT2D eigenvalue weighted by molar-refractivity contribution is 0.186. The van der Waals surface area contributed by atoms with E-state index in [9.17, 15) is 5.11 Å². The first-order valence-electron chi connectivity index (χ1n) is 7.76. The molecule has 1 saturated carbocycles. The lowest BCUT2D eigenvalue weighted by Gasteiger charge is -2.19. The molecule has 1 aromatic carbocycles. The van der Waals surface area contributed by atoms with Crippen molar-refractivity contribution in [3.63, 3.8) is 0 Å². The zero-order valence-corrected chi connectivity index (χ0v) is 12.5. The van der Waals surface area contributed by atoms with Crippen LogP contribution in [0, 0.1) is 5.41 Å². The van der Waals surface area contributed by atoms with Crippen molar-refractivity contribution < 1.29 is 9.84 Å². The Labute approximate surface area is 121 Å². The van der Waals surface area contributed by atoms with Crippen LogP contribution in [0.1, 0.15) is 57.6 Å². The Balaban J connectivity index is 1.73. The number of benzene rings is 1. The number of nitrogens with one attached hydrogen (secondary N) is 1. The molecule has 1 saturated heterocycles. The summed E-state index contributed by atoms with van der Waals surface area (Å²) in [7, 11) is 0. The third kappa shape index (κ3) is 2.93. The molecule has 2 atom stereocenters. The maximum absolute atomic E-state index is 10.0. The molecule has 0 bridgehead atoms. The van der Waals surface area contributed by atoms with E-state index in [0.717, 1.165) is 19.4 Å². The van der Waals surface area contributed by atoms with E-state index in [1.165, 1.54) is 24.8 Å². The number of hydrogen-bond donors (Lipinski definition) is 2. The summed E-state index contributed by atoms with van der Waals surface area (Å²) in [6.45, 7) is 5.66. The average Bonchev–Trinajstić information content (AvgIpc) is 3.02. The van der Waals surface area contributed by atoms with Crippen LogP contribution in [0.15, 0.2) is 18.2 Å². The molecular weight excluding hydrogens is 250 g/mol. The molecule has 0 radical (unpaired) electrons. The van der Waals surface area contributed by atoms with E-state index in [-0.39, 0.29) is 11.9 Å². The van der Waals surface area contributed by atoms with Crippen LogP contribution in [0.2, 0.25) is 0 Å². The Morgan fingerprint density at radius 2 is 2.15 bits per heavy atom. The molecule has 2 aliphatic rings. The van der Waals surface area contributed by atoms with Gasteiger partial charge in [-0.25, -0.2) is 0 Å². The van der Waals surface area contributed by atoms with E-state index in [1.807, 2.05) is 12.1 Å². The highest BCUT2D eigenvalue weighted by molar-refractivity contribution is 5.43. The normalized spacial score (nSPS) is 28.7. The highest BCUT2D eigenvalue weighted by Gasteiger charge is 2.32. The zero-order chi connectivity index (χ0) is 14.2. The summed E-state index contributed by atoms with van der Waals surface area (Å²) in [6, 6.07) is 6.20. The quantitative estimate of drug-likeness (QED) is 0.882. The molecule has 3 heteroatoms. The summed E-state index contributed by atoms with van der Waals surface area (Å²) in [5.41, 5.74) is 1.60. The highest BCUT2D eigenvalue weighted by atomic mass is 16.5. The smallest absolute Gasteiger partial charge is 0.161 e. The second-order valence-corrected chi connectivity index (χ2v) is 7.02. The second kappa shape index (κ2) is 5.28. The molecule has 0 aromatic heterocycles. The van der Waals surface area contributed by atoms with Crippen molar-refractivity contribution in [3.05, 3.63) is 23.8 Å². The predicted octanol–water partition coefficient (Wildman–Crippen LogP) is 3.77. The van der Waals surface area contributed by atoms with Gasteiger partial charge in [0.2, 0.25) is 0 Å². The molecule has 3 nitrogen and oxygen atoms in total. The fourth-order valence-electron chi connectivity index (χ4n) is 3.46. The number of ether oxygens (including phenoxy) is 1.